The van der Waals surface area contributed by atoms with E-state index in [4.69, 9.17) is 11.6 Å². The first-order valence-corrected chi connectivity index (χ1v) is 13.6. The number of rotatable bonds is 5. The van der Waals surface area contributed by atoms with Crippen LogP contribution in [0.5, 0.6) is 0 Å². The Morgan fingerprint density at radius 2 is 1.65 bits per heavy atom. The van der Waals surface area contributed by atoms with Crippen LogP contribution in [0, 0.1) is 23.2 Å². The molecule has 1 aromatic rings. The summed E-state index contributed by atoms with van der Waals surface area (Å²) in [6.07, 6.45) is 10.6. The lowest BCUT2D eigenvalue weighted by molar-refractivity contribution is -0.0629. The smallest absolute Gasteiger partial charge is 0.253 e. The monoisotopic (exact) mass is 464 g/mol. The van der Waals surface area contributed by atoms with Crippen molar-refractivity contribution in [1.82, 2.24) is 9.21 Å². The zero-order chi connectivity index (χ0) is 21.8. The quantitative estimate of drug-likeness (QED) is 0.628. The number of carbonyl (C=O) groups is 1. The molecule has 5 nitrogen and oxygen atoms in total. The molecule has 4 bridgehead atoms. The van der Waals surface area contributed by atoms with Gasteiger partial charge in [-0.2, -0.15) is 4.31 Å². The van der Waals surface area contributed by atoms with Crippen molar-refractivity contribution in [3.05, 3.63) is 28.8 Å². The van der Waals surface area contributed by atoms with Crippen LogP contribution in [0.4, 0.5) is 0 Å². The first kappa shape index (κ1) is 21.7. The van der Waals surface area contributed by atoms with Gasteiger partial charge in [0.05, 0.1) is 5.02 Å². The molecular formula is C24H33ClN2O3S. The number of sulfonamides is 1. The molecule has 0 unspecified atom stereocenters. The average Bonchev–Trinajstić information content (AvgIpc) is 2.72. The lowest BCUT2D eigenvalue weighted by Gasteiger charge is -2.57. The average molecular weight is 465 g/mol. The van der Waals surface area contributed by atoms with E-state index in [2.05, 4.69) is 0 Å². The Kier molecular flexibility index (Phi) is 5.63. The molecule has 1 aliphatic heterocycles. The van der Waals surface area contributed by atoms with Gasteiger partial charge in [-0.05, 0) is 92.7 Å². The molecule has 0 atom stereocenters. The predicted octanol–water partition coefficient (Wildman–Crippen LogP) is 4.80. The molecule has 5 fully saturated rings. The molecule has 31 heavy (non-hydrogen) atoms. The molecule has 1 heterocycles. The molecule has 1 amide bonds. The molecule has 0 N–H and O–H groups in total. The van der Waals surface area contributed by atoms with Crippen molar-refractivity contribution in [3.8, 4) is 0 Å². The molecular weight excluding hydrogens is 432 g/mol. The van der Waals surface area contributed by atoms with E-state index < -0.39 is 10.0 Å². The van der Waals surface area contributed by atoms with Crippen molar-refractivity contribution >= 4 is 27.5 Å². The molecule has 1 saturated heterocycles. The first-order chi connectivity index (χ1) is 14.8. The van der Waals surface area contributed by atoms with Gasteiger partial charge in [0.2, 0.25) is 10.0 Å². The van der Waals surface area contributed by atoms with E-state index in [-0.39, 0.29) is 21.2 Å². The number of carbonyl (C=O) groups excluding carboxylic acids is 1. The Bertz CT molecular complexity index is 936. The number of hydrogen-bond donors (Lipinski definition) is 0. The van der Waals surface area contributed by atoms with E-state index in [1.165, 1.54) is 48.9 Å². The van der Waals surface area contributed by atoms with Gasteiger partial charge in [-0.15, -0.1) is 0 Å². The van der Waals surface area contributed by atoms with Crippen LogP contribution in [-0.2, 0) is 10.0 Å². The van der Waals surface area contributed by atoms with Gasteiger partial charge in [0.1, 0.15) is 4.90 Å². The fourth-order valence-corrected chi connectivity index (χ4v) is 9.37. The largest absolute Gasteiger partial charge is 0.341 e. The lowest BCUT2D eigenvalue weighted by Crippen LogP contribution is -2.51. The minimum absolute atomic E-state index is 0.0603. The van der Waals surface area contributed by atoms with E-state index in [1.54, 1.807) is 12.1 Å². The Balaban J connectivity index is 1.35. The third kappa shape index (κ3) is 4.04. The zero-order valence-corrected chi connectivity index (χ0v) is 19.9. The predicted molar refractivity (Wildman–Crippen MR) is 122 cm³/mol. The third-order valence-electron chi connectivity index (χ3n) is 8.20. The van der Waals surface area contributed by atoms with E-state index in [0.717, 1.165) is 43.6 Å². The lowest BCUT2D eigenvalue weighted by atomic mass is 9.49. The van der Waals surface area contributed by atoms with Crippen molar-refractivity contribution in [3.63, 3.8) is 0 Å². The molecule has 4 aliphatic carbocycles. The second-order valence-electron chi connectivity index (χ2n) is 10.7. The highest BCUT2D eigenvalue weighted by atomic mass is 35.5. The topological polar surface area (TPSA) is 57.7 Å². The molecule has 0 radical (unpaired) electrons. The summed E-state index contributed by atoms with van der Waals surface area (Å²) in [5, 5.41) is 0.186. The van der Waals surface area contributed by atoms with Gasteiger partial charge in [0.25, 0.3) is 5.91 Å². The maximum Gasteiger partial charge on any atom is 0.253 e. The fourth-order valence-electron chi connectivity index (χ4n) is 7.36. The summed E-state index contributed by atoms with van der Waals surface area (Å²) in [5.74, 6) is 2.41. The number of amides is 1. The summed E-state index contributed by atoms with van der Waals surface area (Å²) in [6, 6.07) is 4.71. The normalized spacial score (nSPS) is 32.9. The highest BCUT2D eigenvalue weighted by molar-refractivity contribution is 7.89. The summed E-state index contributed by atoms with van der Waals surface area (Å²) < 4.78 is 27.8. The van der Waals surface area contributed by atoms with Gasteiger partial charge in [0, 0.05) is 32.2 Å². The minimum Gasteiger partial charge on any atom is -0.341 e. The van der Waals surface area contributed by atoms with Gasteiger partial charge in [-0.1, -0.05) is 18.0 Å². The number of piperidine rings is 1. The molecule has 0 spiro atoms. The highest BCUT2D eigenvalue weighted by Gasteiger charge is 2.51. The highest BCUT2D eigenvalue weighted by Crippen LogP contribution is 2.60. The van der Waals surface area contributed by atoms with E-state index in [0.29, 0.717) is 18.7 Å². The summed E-state index contributed by atoms with van der Waals surface area (Å²) in [4.78, 5) is 15.2. The number of halogens is 1. The Hall–Kier alpha value is -1.11. The van der Waals surface area contributed by atoms with Crippen LogP contribution in [0.15, 0.2) is 23.1 Å². The van der Waals surface area contributed by atoms with Crippen LogP contribution in [0.3, 0.4) is 0 Å². The summed E-state index contributed by atoms with van der Waals surface area (Å²) in [6.45, 7) is 1.80. The SMILES string of the molecule is CN(CC12CC3CC(CC(C3)C1)C2)C(=O)c1ccc(Cl)c(S(=O)(=O)N2CCCCC2)c1. The van der Waals surface area contributed by atoms with Crippen LogP contribution in [0.2, 0.25) is 5.02 Å². The van der Waals surface area contributed by atoms with E-state index >= 15 is 0 Å². The van der Waals surface area contributed by atoms with Gasteiger partial charge in [0.15, 0.2) is 0 Å². The van der Waals surface area contributed by atoms with E-state index in [9.17, 15) is 13.2 Å². The van der Waals surface area contributed by atoms with Crippen molar-refractivity contribution in [1.29, 1.82) is 0 Å². The summed E-state index contributed by atoms with van der Waals surface area (Å²) >= 11 is 6.30. The second-order valence-corrected chi connectivity index (χ2v) is 13.0. The van der Waals surface area contributed by atoms with Crippen LogP contribution in [0.25, 0.3) is 0 Å². The van der Waals surface area contributed by atoms with Crippen LogP contribution in [-0.4, -0.2) is 50.2 Å². The fraction of sp³-hybridized carbons (Fsp3) is 0.708. The maximum absolute atomic E-state index is 13.3. The zero-order valence-electron chi connectivity index (χ0n) is 18.4. The van der Waals surface area contributed by atoms with Crippen molar-refractivity contribution in [2.45, 2.75) is 62.7 Å². The van der Waals surface area contributed by atoms with Crippen molar-refractivity contribution in [2.24, 2.45) is 23.2 Å². The second kappa shape index (κ2) is 8.03. The molecule has 4 saturated carbocycles. The Labute approximate surface area is 191 Å². The van der Waals surface area contributed by atoms with Gasteiger partial charge >= 0.3 is 0 Å². The van der Waals surface area contributed by atoms with Crippen LogP contribution >= 0.6 is 11.6 Å². The van der Waals surface area contributed by atoms with Gasteiger partial charge in [-0.25, -0.2) is 8.42 Å². The molecule has 0 aromatic heterocycles. The van der Waals surface area contributed by atoms with Gasteiger partial charge in [-0.3, -0.25) is 4.79 Å². The maximum atomic E-state index is 13.3. The molecule has 7 heteroatoms. The molecule has 1 aromatic carbocycles. The minimum atomic E-state index is -3.69. The number of nitrogens with zero attached hydrogens (tertiary/aromatic N) is 2. The van der Waals surface area contributed by atoms with Gasteiger partial charge < -0.3 is 4.90 Å². The Morgan fingerprint density at radius 1 is 1.06 bits per heavy atom. The molecule has 5 aliphatic rings. The van der Waals surface area contributed by atoms with E-state index in [1.807, 2.05) is 11.9 Å². The molecule has 170 valence electrons. The Morgan fingerprint density at radius 3 is 2.23 bits per heavy atom. The standard InChI is InChI=1S/C24H33ClN2O3S/c1-26(16-24-13-17-9-18(14-24)11-19(10-17)15-24)23(28)20-5-6-21(25)22(12-20)31(29,30)27-7-3-2-4-8-27/h5-6,12,17-19H,2-4,7-11,13-16H2,1H3. The first-order valence-electron chi connectivity index (χ1n) is 11.8. The third-order valence-corrected chi connectivity index (χ3v) is 10.6. The van der Waals surface area contributed by atoms with Crippen LogP contribution in [0.1, 0.15) is 68.1 Å². The number of hydrogen-bond acceptors (Lipinski definition) is 3. The summed E-state index contributed by atoms with van der Waals surface area (Å²) in [5.41, 5.74) is 0.668. The number of benzene rings is 1. The van der Waals surface area contributed by atoms with Crippen LogP contribution < -0.4 is 0 Å². The molecule has 6 rings (SSSR count). The summed E-state index contributed by atoms with van der Waals surface area (Å²) in [7, 11) is -1.82. The van der Waals surface area contributed by atoms with Crippen molar-refractivity contribution in [2.75, 3.05) is 26.7 Å². The van der Waals surface area contributed by atoms with Crippen molar-refractivity contribution < 1.29 is 13.2 Å².